The normalized spacial score (nSPS) is 34.1. The summed E-state index contributed by atoms with van der Waals surface area (Å²) in [6, 6.07) is 0. The van der Waals surface area contributed by atoms with Gasteiger partial charge in [-0.25, -0.2) is 0 Å². The van der Waals surface area contributed by atoms with Crippen LogP contribution in [0, 0.1) is 23.7 Å². The van der Waals surface area contributed by atoms with Gasteiger partial charge in [0.25, 0.3) is 0 Å². The molecule has 0 aromatic rings. The molecule has 0 heterocycles. The Morgan fingerprint density at radius 3 is 2.14 bits per heavy atom. The lowest BCUT2D eigenvalue weighted by molar-refractivity contribution is 0.0800. The quantitative estimate of drug-likeness (QED) is 0.427. The van der Waals surface area contributed by atoms with Gasteiger partial charge in [0.1, 0.15) is 0 Å². The lowest BCUT2D eigenvalue weighted by Gasteiger charge is -2.37. The lowest BCUT2D eigenvalue weighted by Crippen LogP contribution is -2.26. The van der Waals surface area contributed by atoms with Crippen LogP contribution in [0.4, 0.5) is 0 Å². The van der Waals surface area contributed by atoms with Crippen molar-refractivity contribution < 1.29 is 4.74 Å². The molecule has 0 N–H and O–H groups in total. The number of allylic oxidation sites excluding steroid dienone is 2. The van der Waals surface area contributed by atoms with E-state index in [0.717, 1.165) is 36.9 Å². The fraction of sp³-hybridized carbons (Fsp3) is 0.800. The summed E-state index contributed by atoms with van der Waals surface area (Å²) < 4.78 is 5.63. The van der Waals surface area contributed by atoms with Crippen molar-refractivity contribution in [3.63, 3.8) is 0 Å². The van der Waals surface area contributed by atoms with E-state index in [9.17, 15) is 0 Å². The summed E-state index contributed by atoms with van der Waals surface area (Å²) in [5.41, 5.74) is 0. The van der Waals surface area contributed by atoms with Gasteiger partial charge in [-0.05, 0) is 81.5 Å². The maximum absolute atomic E-state index is 5.63. The van der Waals surface area contributed by atoms with Crippen molar-refractivity contribution in [1.82, 2.24) is 0 Å². The van der Waals surface area contributed by atoms with Gasteiger partial charge in [0.05, 0.1) is 6.61 Å². The first-order valence-electron chi connectivity index (χ1n) is 9.18. The zero-order valence-electron chi connectivity index (χ0n) is 13.9. The highest BCUT2D eigenvalue weighted by atomic mass is 16.5. The third-order valence-electron chi connectivity index (χ3n) is 5.61. The smallest absolute Gasteiger partial charge is 0.0644 e. The highest BCUT2D eigenvalue weighted by Crippen LogP contribution is 2.41. The second kappa shape index (κ2) is 9.46. The van der Waals surface area contributed by atoms with E-state index in [1.54, 1.807) is 0 Å². The molecule has 0 bridgehead atoms. The first-order chi connectivity index (χ1) is 10.3. The Morgan fingerprint density at radius 2 is 1.57 bits per heavy atom. The Balaban J connectivity index is 1.64. The minimum absolute atomic E-state index is 0.717. The zero-order valence-corrected chi connectivity index (χ0v) is 13.9. The molecule has 2 rings (SSSR count). The molecule has 0 atom stereocenters. The summed E-state index contributed by atoms with van der Waals surface area (Å²) in [5, 5.41) is 0. The summed E-state index contributed by atoms with van der Waals surface area (Å²) in [7, 11) is 0. The Morgan fingerprint density at radius 1 is 0.952 bits per heavy atom. The molecule has 0 aromatic heterocycles. The van der Waals surface area contributed by atoms with E-state index in [1.807, 2.05) is 6.08 Å². The Bertz CT molecular complexity index is 304. The van der Waals surface area contributed by atoms with Crippen LogP contribution in [0.15, 0.2) is 24.8 Å². The summed E-state index contributed by atoms with van der Waals surface area (Å²) in [4.78, 5) is 0. The van der Waals surface area contributed by atoms with Crippen molar-refractivity contribution in [2.24, 2.45) is 23.7 Å². The SMILES string of the molecule is C=CCOCC1CCC([C@H]2CC[C@H](/C=C/CC)CC2)CC1. The van der Waals surface area contributed by atoms with Crippen molar-refractivity contribution in [3.05, 3.63) is 24.8 Å². The molecule has 0 unspecified atom stereocenters. The van der Waals surface area contributed by atoms with Gasteiger partial charge in [-0.3, -0.25) is 0 Å². The van der Waals surface area contributed by atoms with E-state index in [-0.39, 0.29) is 0 Å². The highest BCUT2D eigenvalue weighted by Gasteiger charge is 2.30. The first kappa shape index (κ1) is 16.8. The number of ether oxygens (including phenoxy) is 1. The molecule has 2 aliphatic rings. The number of hydrogen-bond donors (Lipinski definition) is 0. The fourth-order valence-corrected chi connectivity index (χ4v) is 4.28. The fourth-order valence-electron chi connectivity index (χ4n) is 4.28. The molecule has 0 aliphatic heterocycles. The molecule has 120 valence electrons. The zero-order chi connectivity index (χ0) is 14.9. The van der Waals surface area contributed by atoms with Gasteiger partial charge in [-0.2, -0.15) is 0 Å². The summed E-state index contributed by atoms with van der Waals surface area (Å²) in [6.45, 7) is 7.62. The first-order valence-corrected chi connectivity index (χ1v) is 9.18. The predicted octanol–water partition coefficient (Wildman–Crippen LogP) is 5.77. The van der Waals surface area contributed by atoms with Crippen LogP contribution in [-0.4, -0.2) is 13.2 Å². The van der Waals surface area contributed by atoms with Crippen LogP contribution in [0.25, 0.3) is 0 Å². The molecule has 2 saturated carbocycles. The molecule has 1 nitrogen and oxygen atoms in total. The van der Waals surface area contributed by atoms with E-state index in [0.29, 0.717) is 0 Å². The summed E-state index contributed by atoms with van der Waals surface area (Å²) in [6.07, 6.45) is 19.4. The van der Waals surface area contributed by atoms with Crippen molar-refractivity contribution in [2.75, 3.05) is 13.2 Å². The second-order valence-electron chi connectivity index (χ2n) is 7.12. The number of rotatable bonds is 7. The van der Waals surface area contributed by atoms with Gasteiger partial charge < -0.3 is 4.74 Å². The van der Waals surface area contributed by atoms with Gasteiger partial charge in [0.15, 0.2) is 0 Å². The molecular formula is C20H34O. The number of hydrogen-bond acceptors (Lipinski definition) is 1. The van der Waals surface area contributed by atoms with Crippen LogP contribution < -0.4 is 0 Å². The molecule has 0 amide bonds. The summed E-state index contributed by atoms with van der Waals surface area (Å²) in [5.74, 6) is 3.72. The minimum atomic E-state index is 0.717. The average molecular weight is 290 g/mol. The third-order valence-corrected chi connectivity index (χ3v) is 5.61. The molecule has 0 saturated heterocycles. The largest absolute Gasteiger partial charge is 0.377 e. The van der Waals surface area contributed by atoms with Gasteiger partial charge in [-0.1, -0.05) is 25.2 Å². The van der Waals surface area contributed by atoms with Crippen molar-refractivity contribution in [2.45, 2.75) is 64.7 Å². The van der Waals surface area contributed by atoms with E-state index < -0.39 is 0 Å². The van der Waals surface area contributed by atoms with Crippen LogP contribution in [-0.2, 0) is 4.74 Å². The van der Waals surface area contributed by atoms with Crippen LogP contribution in [0.1, 0.15) is 64.7 Å². The van der Waals surface area contributed by atoms with Crippen molar-refractivity contribution in [1.29, 1.82) is 0 Å². The van der Waals surface area contributed by atoms with Gasteiger partial charge in [0, 0.05) is 6.61 Å². The predicted molar refractivity (Wildman–Crippen MR) is 91.3 cm³/mol. The Kier molecular flexibility index (Phi) is 7.57. The van der Waals surface area contributed by atoms with Crippen molar-refractivity contribution >= 4 is 0 Å². The van der Waals surface area contributed by atoms with E-state index in [2.05, 4.69) is 25.7 Å². The second-order valence-corrected chi connectivity index (χ2v) is 7.12. The van der Waals surface area contributed by atoms with E-state index >= 15 is 0 Å². The molecule has 0 spiro atoms. The van der Waals surface area contributed by atoms with Gasteiger partial charge in [-0.15, -0.1) is 6.58 Å². The lowest BCUT2D eigenvalue weighted by atomic mass is 9.69. The van der Waals surface area contributed by atoms with Crippen LogP contribution in [0.2, 0.25) is 0 Å². The Hall–Kier alpha value is -0.560. The maximum atomic E-state index is 5.63. The van der Waals surface area contributed by atoms with Crippen LogP contribution in [0.3, 0.4) is 0 Å². The maximum Gasteiger partial charge on any atom is 0.0644 e. The van der Waals surface area contributed by atoms with Gasteiger partial charge >= 0.3 is 0 Å². The highest BCUT2D eigenvalue weighted by molar-refractivity contribution is 4.92. The molecule has 0 aromatic carbocycles. The summed E-state index contributed by atoms with van der Waals surface area (Å²) >= 11 is 0. The molecule has 2 aliphatic carbocycles. The third kappa shape index (κ3) is 5.62. The molecular weight excluding hydrogens is 256 g/mol. The monoisotopic (exact) mass is 290 g/mol. The molecule has 21 heavy (non-hydrogen) atoms. The van der Waals surface area contributed by atoms with Crippen molar-refractivity contribution in [3.8, 4) is 0 Å². The Labute approximate surface area is 131 Å². The average Bonchev–Trinajstić information content (AvgIpc) is 2.54. The van der Waals surface area contributed by atoms with Crippen LogP contribution >= 0.6 is 0 Å². The van der Waals surface area contributed by atoms with Gasteiger partial charge in [0.2, 0.25) is 0 Å². The standard InChI is InChI=1S/C20H34O/c1-3-5-6-17-7-11-19(12-8-17)20-13-9-18(10-14-20)16-21-15-4-2/h4-6,17-20H,2-3,7-16H2,1H3/b6-5+/t17-,18?,19-,20?. The molecule has 2 fully saturated rings. The van der Waals surface area contributed by atoms with Crippen LogP contribution in [0.5, 0.6) is 0 Å². The van der Waals surface area contributed by atoms with E-state index in [4.69, 9.17) is 4.74 Å². The molecule has 0 radical (unpaired) electrons. The molecule has 1 heteroatoms. The van der Waals surface area contributed by atoms with E-state index in [1.165, 1.54) is 57.8 Å². The topological polar surface area (TPSA) is 9.23 Å². The minimum Gasteiger partial charge on any atom is -0.377 e.